The van der Waals surface area contributed by atoms with Gasteiger partial charge in [0.05, 0.1) is 0 Å². The highest BCUT2D eigenvalue weighted by atomic mass is 16.2. The fraction of sp³-hybridized carbons (Fsp3) is 0.333. The normalized spacial score (nSPS) is 19.5. The Balaban J connectivity index is 1.49. The van der Waals surface area contributed by atoms with Crippen molar-refractivity contribution in [2.75, 3.05) is 0 Å². The monoisotopic (exact) mass is 351 g/mol. The van der Waals surface area contributed by atoms with Gasteiger partial charge in [-0.1, -0.05) is 42.5 Å². The predicted octanol–water partition coefficient (Wildman–Crippen LogP) is 3.31. The molecule has 1 aliphatic carbocycles. The Labute approximate surface area is 154 Å². The first-order valence-corrected chi connectivity index (χ1v) is 9.10. The molecule has 0 bridgehead atoms. The number of rotatable bonds is 5. The van der Waals surface area contributed by atoms with Crippen molar-refractivity contribution in [2.24, 2.45) is 5.73 Å². The molecular formula is C21H25N3O2. The molecule has 3 amide bonds. The Hall–Kier alpha value is -2.82. The molecule has 2 aromatic rings. The van der Waals surface area contributed by atoms with Gasteiger partial charge in [-0.15, -0.1) is 0 Å². The molecule has 0 unspecified atom stereocenters. The number of urea groups is 1. The topological polar surface area (TPSA) is 84.2 Å². The van der Waals surface area contributed by atoms with E-state index in [0.29, 0.717) is 18.0 Å². The van der Waals surface area contributed by atoms with Gasteiger partial charge in [-0.3, -0.25) is 4.79 Å². The molecule has 0 radical (unpaired) electrons. The molecule has 0 aliphatic heterocycles. The molecule has 0 aromatic heterocycles. The Morgan fingerprint density at radius 3 is 2.19 bits per heavy atom. The van der Waals surface area contributed by atoms with Crippen LogP contribution < -0.4 is 16.4 Å². The van der Waals surface area contributed by atoms with Crippen molar-refractivity contribution >= 4 is 11.9 Å². The van der Waals surface area contributed by atoms with Crippen molar-refractivity contribution < 1.29 is 9.59 Å². The third kappa shape index (κ3) is 4.85. The third-order valence-electron chi connectivity index (χ3n) is 5.02. The lowest BCUT2D eigenvalue weighted by Crippen LogP contribution is -2.37. The number of primary amides is 1. The van der Waals surface area contributed by atoms with Crippen molar-refractivity contribution in [3.63, 3.8) is 0 Å². The van der Waals surface area contributed by atoms with E-state index in [2.05, 4.69) is 34.9 Å². The minimum absolute atomic E-state index is 0.0393. The van der Waals surface area contributed by atoms with E-state index in [4.69, 9.17) is 5.73 Å². The van der Waals surface area contributed by atoms with Gasteiger partial charge >= 0.3 is 6.03 Å². The standard InChI is InChI=1S/C21H25N3O2/c22-21(26)23-14-15-6-8-18(9-7-15)20(25)24-19-12-10-17(11-13-19)16-4-2-1-3-5-16/h1-9,17,19H,10-14H2,(H,24,25)(H3,22,23,26). The van der Waals surface area contributed by atoms with Gasteiger partial charge in [-0.2, -0.15) is 0 Å². The van der Waals surface area contributed by atoms with Crippen molar-refractivity contribution in [2.45, 2.75) is 44.2 Å². The fourth-order valence-corrected chi connectivity index (χ4v) is 3.53. The molecule has 5 nitrogen and oxygen atoms in total. The van der Waals surface area contributed by atoms with Gasteiger partial charge in [-0.05, 0) is 54.9 Å². The zero-order chi connectivity index (χ0) is 18.4. The largest absolute Gasteiger partial charge is 0.352 e. The Morgan fingerprint density at radius 2 is 1.58 bits per heavy atom. The SMILES string of the molecule is NC(=O)NCc1ccc(C(=O)NC2CCC(c3ccccc3)CC2)cc1. The number of nitrogens with two attached hydrogens (primary N) is 1. The molecule has 1 saturated carbocycles. The van der Waals surface area contributed by atoms with Crippen LogP contribution in [0.5, 0.6) is 0 Å². The number of benzene rings is 2. The molecule has 0 heterocycles. The van der Waals surface area contributed by atoms with Crippen molar-refractivity contribution in [1.82, 2.24) is 10.6 Å². The number of carbonyl (C=O) groups excluding carboxylic acids is 2. The second-order valence-corrected chi connectivity index (χ2v) is 6.85. The highest BCUT2D eigenvalue weighted by Crippen LogP contribution is 2.32. The van der Waals surface area contributed by atoms with Gasteiger partial charge in [-0.25, -0.2) is 4.79 Å². The molecule has 4 N–H and O–H groups in total. The molecule has 26 heavy (non-hydrogen) atoms. The van der Waals surface area contributed by atoms with E-state index in [9.17, 15) is 9.59 Å². The fourth-order valence-electron chi connectivity index (χ4n) is 3.53. The van der Waals surface area contributed by atoms with Crippen LogP contribution in [0.2, 0.25) is 0 Å². The molecule has 5 heteroatoms. The summed E-state index contributed by atoms with van der Waals surface area (Å²) in [5, 5.41) is 5.68. The first kappa shape index (κ1) is 18.0. The summed E-state index contributed by atoms with van der Waals surface area (Å²) in [4.78, 5) is 23.2. The maximum Gasteiger partial charge on any atom is 0.312 e. The van der Waals surface area contributed by atoms with E-state index < -0.39 is 6.03 Å². The number of amides is 3. The van der Waals surface area contributed by atoms with Gasteiger partial charge in [0.15, 0.2) is 0 Å². The van der Waals surface area contributed by atoms with E-state index in [1.54, 1.807) is 12.1 Å². The number of carbonyl (C=O) groups is 2. The lowest BCUT2D eigenvalue weighted by Gasteiger charge is -2.29. The van der Waals surface area contributed by atoms with E-state index in [-0.39, 0.29) is 11.9 Å². The second kappa shape index (κ2) is 8.52. The number of hydrogen-bond donors (Lipinski definition) is 3. The molecule has 2 aromatic carbocycles. The molecular weight excluding hydrogens is 326 g/mol. The zero-order valence-electron chi connectivity index (χ0n) is 14.8. The van der Waals surface area contributed by atoms with Crippen LogP contribution in [0.25, 0.3) is 0 Å². The summed E-state index contributed by atoms with van der Waals surface area (Å²) in [6.45, 7) is 0.362. The minimum Gasteiger partial charge on any atom is -0.352 e. The minimum atomic E-state index is -0.557. The Kier molecular flexibility index (Phi) is 5.89. The quantitative estimate of drug-likeness (QED) is 0.772. The van der Waals surface area contributed by atoms with Crippen LogP contribution >= 0.6 is 0 Å². The van der Waals surface area contributed by atoms with Crippen LogP contribution in [-0.2, 0) is 6.54 Å². The van der Waals surface area contributed by atoms with Crippen molar-refractivity contribution in [1.29, 1.82) is 0 Å². The lowest BCUT2D eigenvalue weighted by molar-refractivity contribution is 0.0925. The van der Waals surface area contributed by atoms with E-state index in [1.807, 2.05) is 18.2 Å². The summed E-state index contributed by atoms with van der Waals surface area (Å²) in [5.41, 5.74) is 8.00. The second-order valence-electron chi connectivity index (χ2n) is 6.85. The summed E-state index contributed by atoms with van der Waals surface area (Å²) < 4.78 is 0. The van der Waals surface area contributed by atoms with Gasteiger partial charge in [0.1, 0.15) is 0 Å². The average molecular weight is 351 g/mol. The van der Waals surface area contributed by atoms with Crippen LogP contribution in [-0.4, -0.2) is 18.0 Å². The molecule has 0 spiro atoms. The summed E-state index contributed by atoms with van der Waals surface area (Å²) in [5.74, 6) is 0.559. The summed E-state index contributed by atoms with van der Waals surface area (Å²) >= 11 is 0. The molecule has 0 atom stereocenters. The Morgan fingerprint density at radius 1 is 0.923 bits per heavy atom. The summed E-state index contributed by atoms with van der Waals surface area (Å²) in [6.07, 6.45) is 4.22. The van der Waals surface area contributed by atoms with E-state index in [0.717, 1.165) is 31.2 Å². The van der Waals surface area contributed by atoms with E-state index in [1.165, 1.54) is 5.56 Å². The smallest absolute Gasteiger partial charge is 0.312 e. The van der Waals surface area contributed by atoms with Crippen LogP contribution in [0, 0.1) is 0 Å². The average Bonchev–Trinajstić information content (AvgIpc) is 2.68. The van der Waals surface area contributed by atoms with Gasteiger partial charge in [0.25, 0.3) is 5.91 Å². The maximum absolute atomic E-state index is 12.4. The molecule has 0 saturated heterocycles. The molecule has 1 aliphatic rings. The Bertz CT molecular complexity index is 736. The van der Waals surface area contributed by atoms with Crippen molar-refractivity contribution in [3.05, 3.63) is 71.3 Å². The molecule has 1 fully saturated rings. The van der Waals surface area contributed by atoms with Gasteiger partial charge < -0.3 is 16.4 Å². The van der Waals surface area contributed by atoms with Crippen LogP contribution in [0.1, 0.15) is 53.1 Å². The zero-order valence-corrected chi connectivity index (χ0v) is 14.8. The number of nitrogens with one attached hydrogen (secondary N) is 2. The first-order chi connectivity index (χ1) is 12.6. The van der Waals surface area contributed by atoms with Crippen molar-refractivity contribution in [3.8, 4) is 0 Å². The highest BCUT2D eigenvalue weighted by molar-refractivity contribution is 5.94. The highest BCUT2D eigenvalue weighted by Gasteiger charge is 2.23. The first-order valence-electron chi connectivity index (χ1n) is 9.10. The number of hydrogen-bond acceptors (Lipinski definition) is 2. The van der Waals surface area contributed by atoms with Gasteiger partial charge in [0.2, 0.25) is 0 Å². The summed E-state index contributed by atoms with van der Waals surface area (Å²) in [7, 11) is 0. The lowest BCUT2D eigenvalue weighted by atomic mass is 9.82. The van der Waals surface area contributed by atoms with Gasteiger partial charge in [0, 0.05) is 18.2 Å². The van der Waals surface area contributed by atoms with E-state index >= 15 is 0 Å². The molecule has 136 valence electrons. The summed E-state index contributed by atoms with van der Waals surface area (Å²) in [6, 6.07) is 17.5. The van der Waals surface area contributed by atoms with Crippen LogP contribution in [0.4, 0.5) is 4.79 Å². The van der Waals surface area contributed by atoms with Crippen LogP contribution in [0.15, 0.2) is 54.6 Å². The predicted molar refractivity (Wildman–Crippen MR) is 102 cm³/mol. The van der Waals surface area contributed by atoms with Crippen LogP contribution in [0.3, 0.4) is 0 Å². The molecule has 3 rings (SSSR count). The maximum atomic E-state index is 12.4. The third-order valence-corrected chi connectivity index (χ3v) is 5.02.